The van der Waals surface area contributed by atoms with Gasteiger partial charge >= 0.3 is 0 Å². The van der Waals surface area contributed by atoms with Crippen LogP contribution in [-0.4, -0.2) is 9.78 Å². The first kappa shape index (κ1) is 14.9. The first-order chi connectivity index (χ1) is 11.1. The normalized spacial score (nSPS) is 11.2. The van der Waals surface area contributed by atoms with Gasteiger partial charge in [0.05, 0.1) is 18.4 Å². The lowest BCUT2D eigenvalue weighted by atomic mass is 10.2. The number of benzene rings is 1. The number of nitrogens with two attached hydrogens (primary N) is 1. The summed E-state index contributed by atoms with van der Waals surface area (Å²) in [5, 5.41) is 12.8. The summed E-state index contributed by atoms with van der Waals surface area (Å²) < 4.78 is 3.71. The number of aryl methyl sites for hydroxylation is 2. The van der Waals surface area contributed by atoms with Crippen molar-refractivity contribution in [3.05, 3.63) is 66.1 Å². The maximum Gasteiger partial charge on any atom is 0.168 e. The molecule has 116 valence electrons. The molecule has 0 aliphatic heterocycles. The Morgan fingerprint density at radius 3 is 2.52 bits per heavy atom. The molecule has 2 heterocycles. The van der Waals surface area contributed by atoms with E-state index in [4.69, 9.17) is 5.73 Å². The van der Waals surface area contributed by atoms with Gasteiger partial charge in [0, 0.05) is 12.1 Å². The molecule has 0 bridgehead atoms. The van der Waals surface area contributed by atoms with Crippen molar-refractivity contribution in [2.75, 3.05) is 5.73 Å². The van der Waals surface area contributed by atoms with Gasteiger partial charge in [-0.05, 0) is 24.1 Å². The molecular formula is C17H19N6+. The van der Waals surface area contributed by atoms with E-state index >= 15 is 0 Å². The van der Waals surface area contributed by atoms with E-state index in [0.29, 0.717) is 18.1 Å². The number of anilines is 1. The summed E-state index contributed by atoms with van der Waals surface area (Å²) in [5.74, 6) is 0.510. The Balaban J connectivity index is 1.79. The Bertz CT molecular complexity index is 833. The first-order valence-electron chi connectivity index (χ1n) is 7.36. The Hall–Kier alpha value is -3.02. The fourth-order valence-corrected chi connectivity index (χ4v) is 2.18. The van der Waals surface area contributed by atoms with Gasteiger partial charge < -0.3 is 5.73 Å². The second kappa shape index (κ2) is 6.39. The molecule has 0 fully saturated rings. The zero-order chi connectivity index (χ0) is 16.2. The molecule has 6 heteroatoms. The molecule has 23 heavy (non-hydrogen) atoms. The number of nitrogen functional groups attached to an aromatic ring is 1. The summed E-state index contributed by atoms with van der Waals surface area (Å²) in [6.45, 7) is 2.60. The molecule has 0 aliphatic rings. The molecule has 0 spiro atoms. The zero-order valence-electron chi connectivity index (χ0n) is 13.2. The van der Waals surface area contributed by atoms with Crippen molar-refractivity contribution in [2.24, 2.45) is 17.3 Å². The standard InChI is InChI=1S/C17H19N6/c1-13-5-3-4-6-15(13)20-21-16-11-19-23(17(16)18)12-14-7-9-22(2)10-8-14/h3-11H,12,18H2,1-2H3/q+1. The quantitative estimate of drug-likeness (QED) is 0.594. The zero-order valence-corrected chi connectivity index (χ0v) is 13.2. The number of hydrogen-bond acceptors (Lipinski definition) is 4. The maximum atomic E-state index is 6.12. The van der Waals surface area contributed by atoms with E-state index in [2.05, 4.69) is 15.3 Å². The number of azo groups is 1. The van der Waals surface area contributed by atoms with Crippen molar-refractivity contribution in [3.8, 4) is 0 Å². The Kier molecular flexibility index (Phi) is 4.14. The smallest absolute Gasteiger partial charge is 0.168 e. The summed E-state index contributed by atoms with van der Waals surface area (Å²) >= 11 is 0. The molecule has 0 unspecified atom stereocenters. The van der Waals surface area contributed by atoms with E-state index in [9.17, 15) is 0 Å². The summed E-state index contributed by atoms with van der Waals surface area (Å²) in [4.78, 5) is 0. The summed E-state index contributed by atoms with van der Waals surface area (Å²) in [6.07, 6.45) is 5.63. The lowest BCUT2D eigenvalue weighted by molar-refractivity contribution is -0.671. The highest BCUT2D eigenvalue weighted by Crippen LogP contribution is 2.26. The van der Waals surface area contributed by atoms with Crippen LogP contribution in [0.25, 0.3) is 0 Å². The minimum Gasteiger partial charge on any atom is -0.382 e. The largest absolute Gasteiger partial charge is 0.382 e. The summed E-state index contributed by atoms with van der Waals surface area (Å²) in [5.41, 5.74) is 9.73. The van der Waals surface area contributed by atoms with E-state index in [1.807, 2.05) is 67.3 Å². The second-order valence-corrected chi connectivity index (χ2v) is 5.43. The molecule has 3 rings (SSSR count). The lowest BCUT2D eigenvalue weighted by Crippen LogP contribution is -2.26. The van der Waals surface area contributed by atoms with Crippen LogP contribution in [0.3, 0.4) is 0 Å². The molecule has 1 aromatic carbocycles. The molecule has 3 aromatic rings. The molecule has 0 saturated carbocycles. The average molecular weight is 307 g/mol. The van der Waals surface area contributed by atoms with Gasteiger partial charge in [-0.1, -0.05) is 18.2 Å². The van der Waals surface area contributed by atoms with E-state index in [1.54, 1.807) is 10.9 Å². The Labute approximate surface area is 134 Å². The Morgan fingerprint density at radius 2 is 1.78 bits per heavy atom. The molecule has 6 nitrogen and oxygen atoms in total. The van der Waals surface area contributed by atoms with Gasteiger partial charge in [0.15, 0.2) is 12.4 Å². The number of nitrogens with zero attached hydrogens (tertiary/aromatic N) is 5. The van der Waals surface area contributed by atoms with Crippen molar-refractivity contribution < 1.29 is 4.57 Å². The highest BCUT2D eigenvalue weighted by molar-refractivity contribution is 5.57. The van der Waals surface area contributed by atoms with Gasteiger partial charge in [0.2, 0.25) is 0 Å². The topological polar surface area (TPSA) is 72.4 Å². The highest BCUT2D eigenvalue weighted by atomic mass is 15.3. The third kappa shape index (κ3) is 3.42. The van der Waals surface area contributed by atoms with Crippen LogP contribution in [0.15, 0.2) is 65.2 Å². The minimum absolute atomic E-state index is 0.510. The van der Waals surface area contributed by atoms with Crippen molar-refractivity contribution in [3.63, 3.8) is 0 Å². The lowest BCUT2D eigenvalue weighted by Gasteiger charge is -2.03. The number of aromatic nitrogens is 3. The molecule has 2 aromatic heterocycles. The minimum atomic E-state index is 0.510. The van der Waals surface area contributed by atoms with E-state index in [-0.39, 0.29) is 0 Å². The fraction of sp³-hybridized carbons (Fsp3) is 0.176. The average Bonchev–Trinajstić information content (AvgIpc) is 2.89. The van der Waals surface area contributed by atoms with Crippen LogP contribution in [0.2, 0.25) is 0 Å². The fourth-order valence-electron chi connectivity index (χ4n) is 2.18. The van der Waals surface area contributed by atoms with Crippen molar-refractivity contribution in [1.82, 2.24) is 9.78 Å². The number of rotatable bonds is 4. The van der Waals surface area contributed by atoms with Crippen LogP contribution in [0.1, 0.15) is 11.1 Å². The van der Waals surface area contributed by atoms with Gasteiger partial charge in [-0.3, -0.25) is 0 Å². The van der Waals surface area contributed by atoms with Crippen LogP contribution in [0.5, 0.6) is 0 Å². The summed E-state index contributed by atoms with van der Waals surface area (Å²) in [7, 11) is 1.98. The predicted octanol–water partition coefficient (Wildman–Crippen LogP) is 3.06. The van der Waals surface area contributed by atoms with Crippen LogP contribution in [0, 0.1) is 6.92 Å². The second-order valence-electron chi connectivity index (χ2n) is 5.43. The van der Waals surface area contributed by atoms with Gasteiger partial charge in [-0.2, -0.15) is 10.2 Å². The SMILES string of the molecule is Cc1ccccc1N=Nc1cnn(Cc2cc[n+](C)cc2)c1N. The molecular weight excluding hydrogens is 288 g/mol. The molecule has 0 radical (unpaired) electrons. The van der Waals surface area contributed by atoms with Crippen LogP contribution >= 0.6 is 0 Å². The molecule has 2 N–H and O–H groups in total. The third-order valence-corrected chi connectivity index (χ3v) is 3.62. The molecule has 0 aliphatic carbocycles. The number of hydrogen-bond donors (Lipinski definition) is 1. The molecule has 0 atom stereocenters. The van der Waals surface area contributed by atoms with Crippen molar-refractivity contribution in [1.29, 1.82) is 0 Å². The van der Waals surface area contributed by atoms with Gasteiger partial charge in [-0.25, -0.2) is 9.25 Å². The predicted molar refractivity (Wildman–Crippen MR) is 88.7 cm³/mol. The van der Waals surface area contributed by atoms with Gasteiger partial charge in [0.1, 0.15) is 18.6 Å². The van der Waals surface area contributed by atoms with Gasteiger partial charge in [-0.15, -0.1) is 5.11 Å². The Morgan fingerprint density at radius 1 is 1.09 bits per heavy atom. The third-order valence-electron chi connectivity index (χ3n) is 3.62. The van der Waals surface area contributed by atoms with Crippen LogP contribution in [0.4, 0.5) is 17.2 Å². The van der Waals surface area contributed by atoms with Crippen molar-refractivity contribution in [2.45, 2.75) is 13.5 Å². The highest BCUT2D eigenvalue weighted by Gasteiger charge is 2.08. The van der Waals surface area contributed by atoms with Gasteiger partial charge in [0.25, 0.3) is 0 Å². The number of pyridine rings is 1. The summed E-state index contributed by atoms with van der Waals surface area (Å²) in [6, 6.07) is 11.9. The van der Waals surface area contributed by atoms with E-state index in [0.717, 1.165) is 16.8 Å². The van der Waals surface area contributed by atoms with E-state index in [1.165, 1.54) is 0 Å². The van der Waals surface area contributed by atoms with Crippen molar-refractivity contribution >= 4 is 17.2 Å². The monoisotopic (exact) mass is 307 g/mol. The molecule has 0 saturated heterocycles. The first-order valence-corrected chi connectivity index (χ1v) is 7.36. The molecule has 0 amide bonds. The van der Waals surface area contributed by atoms with Crippen LogP contribution < -0.4 is 10.3 Å². The maximum absolute atomic E-state index is 6.12. The van der Waals surface area contributed by atoms with Crippen LogP contribution in [-0.2, 0) is 13.6 Å². The van der Waals surface area contributed by atoms with E-state index < -0.39 is 0 Å².